The Morgan fingerprint density at radius 2 is 1.91 bits per heavy atom. The van der Waals surface area contributed by atoms with Crippen LogP contribution in [0.15, 0.2) is 18.2 Å². The van der Waals surface area contributed by atoms with E-state index >= 15 is 0 Å². The number of ether oxygens (including phenoxy) is 1. The average molecular weight is 304 g/mol. The Morgan fingerprint density at radius 1 is 1.23 bits per heavy atom. The molecule has 1 aromatic rings. The Hall–Kier alpha value is -1.71. The highest BCUT2D eigenvalue weighted by atomic mass is 16.5. The van der Waals surface area contributed by atoms with Crippen molar-refractivity contribution in [1.29, 1.82) is 0 Å². The molecule has 0 saturated carbocycles. The molecule has 0 aliphatic carbocycles. The van der Waals surface area contributed by atoms with E-state index in [1.807, 2.05) is 36.9 Å². The molecule has 2 N–H and O–H groups in total. The summed E-state index contributed by atoms with van der Waals surface area (Å²) in [6, 6.07) is 5.83. The second-order valence-corrected chi connectivity index (χ2v) is 6.33. The van der Waals surface area contributed by atoms with Gasteiger partial charge in [0, 0.05) is 19.5 Å². The van der Waals surface area contributed by atoms with Crippen molar-refractivity contribution in [3.05, 3.63) is 23.8 Å². The molecule has 22 heavy (non-hydrogen) atoms. The molecule has 1 aliphatic heterocycles. The maximum absolute atomic E-state index is 12.3. The highest BCUT2D eigenvalue weighted by molar-refractivity contribution is 5.76. The Bertz CT molecular complexity index is 492. The highest BCUT2D eigenvalue weighted by Crippen LogP contribution is 2.24. The fourth-order valence-electron chi connectivity index (χ4n) is 2.84. The van der Waals surface area contributed by atoms with Crippen LogP contribution in [-0.2, 0) is 11.2 Å². The first kappa shape index (κ1) is 16.7. The molecule has 0 unspecified atom stereocenters. The molecule has 1 amide bonds. The molecule has 0 aromatic heterocycles. The molecule has 1 aromatic carbocycles. The summed E-state index contributed by atoms with van der Waals surface area (Å²) in [5.74, 6) is 0.987. The molecule has 0 radical (unpaired) electrons. The van der Waals surface area contributed by atoms with Gasteiger partial charge in [-0.05, 0) is 50.8 Å². The number of amides is 1. The van der Waals surface area contributed by atoms with E-state index in [2.05, 4.69) is 0 Å². The van der Waals surface area contributed by atoms with Gasteiger partial charge in [-0.25, -0.2) is 0 Å². The first-order valence-electron chi connectivity index (χ1n) is 8.39. The lowest BCUT2D eigenvalue weighted by Crippen LogP contribution is -2.31. The van der Waals surface area contributed by atoms with Crippen molar-refractivity contribution < 1.29 is 9.53 Å². The fraction of sp³-hybridized carbons (Fsp3) is 0.611. The van der Waals surface area contributed by atoms with Crippen LogP contribution in [0.3, 0.4) is 0 Å². The van der Waals surface area contributed by atoms with Crippen LogP contribution >= 0.6 is 0 Å². The lowest BCUT2D eigenvalue weighted by atomic mass is 10.1. The molecular weight excluding hydrogens is 276 g/mol. The number of benzene rings is 1. The summed E-state index contributed by atoms with van der Waals surface area (Å²) in [6.45, 7) is 5.80. The third kappa shape index (κ3) is 4.93. The van der Waals surface area contributed by atoms with Gasteiger partial charge < -0.3 is 15.4 Å². The predicted octanol–water partition coefficient (Wildman–Crippen LogP) is 3.39. The Morgan fingerprint density at radius 3 is 2.50 bits per heavy atom. The first-order valence-corrected chi connectivity index (χ1v) is 8.39. The van der Waals surface area contributed by atoms with Gasteiger partial charge >= 0.3 is 0 Å². The molecule has 0 bridgehead atoms. The Kier molecular flexibility index (Phi) is 6.10. The lowest BCUT2D eigenvalue weighted by molar-refractivity contribution is -0.131. The van der Waals surface area contributed by atoms with E-state index in [9.17, 15) is 4.79 Å². The average Bonchev–Trinajstić information content (AvgIpc) is 2.76. The normalized spacial score (nSPS) is 15.7. The van der Waals surface area contributed by atoms with Crippen molar-refractivity contribution in [2.24, 2.45) is 0 Å². The first-order chi connectivity index (χ1) is 10.6. The smallest absolute Gasteiger partial charge is 0.222 e. The van der Waals surface area contributed by atoms with Crippen molar-refractivity contribution in [3.8, 4) is 5.75 Å². The third-order valence-corrected chi connectivity index (χ3v) is 4.02. The minimum absolute atomic E-state index is 0.109. The maximum Gasteiger partial charge on any atom is 0.222 e. The van der Waals surface area contributed by atoms with Gasteiger partial charge in [0.2, 0.25) is 5.91 Å². The fourth-order valence-corrected chi connectivity index (χ4v) is 2.84. The van der Waals surface area contributed by atoms with Crippen LogP contribution in [0.1, 0.15) is 51.5 Å². The second-order valence-electron chi connectivity index (χ2n) is 6.33. The summed E-state index contributed by atoms with van der Waals surface area (Å²) in [5.41, 5.74) is 7.76. The summed E-state index contributed by atoms with van der Waals surface area (Å²) in [6.07, 6.45) is 6.18. The van der Waals surface area contributed by atoms with Gasteiger partial charge in [0.1, 0.15) is 5.75 Å². The third-order valence-electron chi connectivity index (χ3n) is 4.02. The van der Waals surface area contributed by atoms with Crippen LogP contribution in [0.5, 0.6) is 5.75 Å². The van der Waals surface area contributed by atoms with Crippen molar-refractivity contribution in [1.82, 2.24) is 4.90 Å². The van der Waals surface area contributed by atoms with Gasteiger partial charge in [0.15, 0.2) is 0 Å². The van der Waals surface area contributed by atoms with Crippen LogP contribution in [0.25, 0.3) is 0 Å². The van der Waals surface area contributed by atoms with Gasteiger partial charge in [-0.3, -0.25) is 4.79 Å². The van der Waals surface area contributed by atoms with Gasteiger partial charge in [-0.1, -0.05) is 18.9 Å². The molecule has 1 saturated heterocycles. The monoisotopic (exact) mass is 304 g/mol. The molecule has 1 heterocycles. The lowest BCUT2D eigenvalue weighted by Gasteiger charge is -2.20. The number of rotatable bonds is 5. The minimum atomic E-state index is 0.109. The highest BCUT2D eigenvalue weighted by Gasteiger charge is 2.15. The zero-order chi connectivity index (χ0) is 15.9. The molecule has 0 atom stereocenters. The van der Waals surface area contributed by atoms with Crippen LogP contribution < -0.4 is 10.5 Å². The quantitative estimate of drug-likeness (QED) is 0.848. The minimum Gasteiger partial charge on any atom is -0.489 e. The molecule has 4 nitrogen and oxygen atoms in total. The summed E-state index contributed by atoms with van der Waals surface area (Å²) in [4.78, 5) is 14.3. The van der Waals surface area contributed by atoms with Crippen molar-refractivity contribution in [2.75, 3.05) is 18.8 Å². The molecule has 1 fully saturated rings. The second kappa shape index (κ2) is 8.06. The van der Waals surface area contributed by atoms with Gasteiger partial charge in [0.25, 0.3) is 0 Å². The van der Waals surface area contributed by atoms with Gasteiger partial charge in [0.05, 0.1) is 11.8 Å². The van der Waals surface area contributed by atoms with E-state index in [0.29, 0.717) is 12.1 Å². The predicted molar refractivity (Wildman–Crippen MR) is 90.0 cm³/mol. The number of carbonyl (C=O) groups excluding carboxylic acids is 1. The van der Waals surface area contributed by atoms with Crippen LogP contribution in [0, 0.1) is 0 Å². The standard InChI is InChI=1S/C18H28N2O2/c1-14(2)22-17-9-7-15(13-16(17)19)8-10-18(21)20-11-5-3-4-6-12-20/h7,9,13-14H,3-6,8,10-12,19H2,1-2H3. The van der Waals surface area contributed by atoms with Crippen molar-refractivity contribution in [3.63, 3.8) is 0 Å². The molecule has 0 spiro atoms. The van der Waals surface area contributed by atoms with E-state index in [0.717, 1.165) is 43.7 Å². The maximum atomic E-state index is 12.3. The topological polar surface area (TPSA) is 55.6 Å². The van der Waals surface area contributed by atoms with Gasteiger partial charge in [-0.2, -0.15) is 0 Å². The number of likely N-dealkylation sites (tertiary alicyclic amines) is 1. The number of nitrogens with two attached hydrogens (primary N) is 1. The van der Waals surface area contributed by atoms with Crippen LogP contribution in [-0.4, -0.2) is 30.0 Å². The molecule has 1 aliphatic rings. The number of hydrogen-bond acceptors (Lipinski definition) is 3. The summed E-state index contributed by atoms with van der Waals surface area (Å²) in [5, 5.41) is 0. The number of hydrogen-bond donors (Lipinski definition) is 1. The molecular formula is C18H28N2O2. The zero-order valence-corrected chi connectivity index (χ0v) is 13.8. The van der Waals surface area contributed by atoms with Crippen molar-refractivity contribution >= 4 is 11.6 Å². The number of carbonyl (C=O) groups is 1. The van der Waals surface area contributed by atoms with E-state index < -0.39 is 0 Å². The summed E-state index contributed by atoms with van der Waals surface area (Å²) < 4.78 is 5.63. The van der Waals surface area contributed by atoms with E-state index in [4.69, 9.17) is 10.5 Å². The largest absolute Gasteiger partial charge is 0.489 e. The summed E-state index contributed by atoms with van der Waals surface area (Å²) in [7, 11) is 0. The SMILES string of the molecule is CC(C)Oc1ccc(CCC(=O)N2CCCCCC2)cc1N. The molecule has 4 heteroatoms. The van der Waals surface area contributed by atoms with Gasteiger partial charge in [-0.15, -0.1) is 0 Å². The number of nitrogen functional groups attached to an aromatic ring is 1. The van der Waals surface area contributed by atoms with Crippen LogP contribution in [0.4, 0.5) is 5.69 Å². The van der Waals surface area contributed by atoms with Crippen LogP contribution in [0.2, 0.25) is 0 Å². The number of aryl methyl sites for hydroxylation is 1. The summed E-state index contributed by atoms with van der Waals surface area (Å²) >= 11 is 0. The molecule has 2 rings (SSSR count). The van der Waals surface area contributed by atoms with E-state index in [1.54, 1.807) is 0 Å². The zero-order valence-electron chi connectivity index (χ0n) is 13.8. The molecule has 122 valence electrons. The number of nitrogens with zero attached hydrogens (tertiary/aromatic N) is 1. The van der Waals surface area contributed by atoms with E-state index in [-0.39, 0.29) is 12.0 Å². The number of anilines is 1. The Labute approximate surface area is 133 Å². The Balaban J connectivity index is 1.88. The van der Waals surface area contributed by atoms with Crippen molar-refractivity contribution in [2.45, 2.75) is 58.5 Å². The van der Waals surface area contributed by atoms with E-state index in [1.165, 1.54) is 12.8 Å².